The van der Waals surface area contributed by atoms with E-state index in [1.165, 1.54) is 69.4 Å². The third-order valence-corrected chi connectivity index (χ3v) is 6.62. The summed E-state index contributed by atoms with van der Waals surface area (Å²) < 4.78 is 6.15. The summed E-state index contributed by atoms with van der Waals surface area (Å²) in [6.07, 6.45) is 11.0. The minimum atomic E-state index is 0.277. The summed E-state index contributed by atoms with van der Waals surface area (Å²) in [6, 6.07) is 0.812. The van der Waals surface area contributed by atoms with E-state index in [0.717, 1.165) is 24.5 Å². The molecule has 0 aromatic carbocycles. The fourth-order valence-electron chi connectivity index (χ4n) is 3.99. The quantitative estimate of drug-likeness (QED) is 0.771. The van der Waals surface area contributed by atoms with E-state index >= 15 is 0 Å². The van der Waals surface area contributed by atoms with Gasteiger partial charge in [0.25, 0.3) is 0 Å². The van der Waals surface area contributed by atoms with Crippen molar-refractivity contribution in [3.63, 3.8) is 0 Å². The minimum Gasteiger partial charge on any atom is -0.374 e. The van der Waals surface area contributed by atoms with E-state index in [1.54, 1.807) is 0 Å². The lowest BCUT2D eigenvalue weighted by Gasteiger charge is -2.38. The van der Waals surface area contributed by atoms with Crippen molar-refractivity contribution in [2.45, 2.75) is 69.9 Å². The topological polar surface area (TPSA) is 21.3 Å². The van der Waals surface area contributed by atoms with Crippen LogP contribution < -0.4 is 5.32 Å². The highest BCUT2D eigenvalue weighted by atomic mass is 32.2. The van der Waals surface area contributed by atoms with Crippen LogP contribution >= 0.6 is 11.8 Å². The van der Waals surface area contributed by atoms with Crippen LogP contribution in [0.2, 0.25) is 0 Å². The van der Waals surface area contributed by atoms with Gasteiger partial charge >= 0.3 is 0 Å². The third-order valence-electron chi connectivity index (χ3n) is 5.40. The lowest BCUT2D eigenvalue weighted by Crippen LogP contribution is -2.40. The van der Waals surface area contributed by atoms with Gasteiger partial charge in [-0.25, -0.2) is 0 Å². The number of hydrogen-bond acceptors (Lipinski definition) is 3. The van der Waals surface area contributed by atoms with E-state index in [-0.39, 0.29) is 5.60 Å². The Balaban J connectivity index is 1.44. The summed E-state index contributed by atoms with van der Waals surface area (Å²) in [7, 11) is 0. The summed E-state index contributed by atoms with van der Waals surface area (Å²) in [5.41, 5.74) is 0.277. The highest BCUT2D eigenvalue weighted by Crippen LogP contribution is 2.42. The Kier molecular flexibility index (Phi) is 5.33. The van der Waals surface area contributed by atoms with Crippen molar-refractivity contribution < 1.29 is 4.74 Å². The molecule has 0 amide bonds. The van der Waals surface area contributed by atoms with Gasteiger partial charge in [0.05, 0.1) is 5.60 Å². The number of rotatable bonds is 7. The van der Waals surface area contributed by atoms with Gasteiger partial charge in [0, 0.05) is 18.4 Å². The molecule has 116 valence electrons. The number of nitrogens with one attached hydrogen (secondary N) is 1. The lowest BCUT2D eigenvalue weighted by molar-refractivity contribution is -0.0810. The van der Waals surface area contributed by atoms with Crippen LogP contribution in [0.3, 0.4) is 0 Å². The van der Waals surface area contributed by atoms with Crippen molar-refractivity contribution in [2.24, 2.45) is 11.8 Å². The molecule has 2 nitrogen and oxygen atoms in total. The first kappa shape index (κ1) is 15.2. The maximum Gasteiger partial charge on any atom is 0.0783 e. The van der Waals surface area contributed by atoms with Crippen molar-refractivity contribution in [2.75, 3.05) is 24.7 Å². The average Bonchev–Trinajstić information content (AvgIpc) is 3.21. The van der Waals surface area contributed by atoms with Crippen LogP contribution in [0.15, 0.2) is 0 Å². The summed E-state index contributed by atoms with van der Waals surface area (Å²) >= 11 is 2.09. The monoisotopic (exact) mass is 297 g/mol. The van der Waals surface area contributed by atoms with Gasteiger partial charge in [-0.3, -0.25) is 0 Å². The Morgan fingerprint density at radius 3 is 2.95 bits per heavy atom. The third kappa shape index (κ3) is 3.92. The number of thioether (sulfide) groups is 1. The van der Waals surface area contributed by atoms with E-state index < -0.39 is 0 Å². The zero-order chi connectivity index (χ0) is 13.8. The molecule has 3 unspecified atom stereocenters. The van der Waals surface area contributed by atoms with Crippen LogP contribution in [-0.2, 0) is 4.74 Å². The molecule has 1 saturated carbocycles. The van der Waals surface area contributed by atoms with Crippen LogP contribution in [0, 0.1) is 11.8 Å². The zero-order valence-corrected chi connectivity index (χ0v) is 13.9. The van der Waals surface area contributed by atoms with Crippen LogP contribution in [-0.4, -0.2) is 36.3 Å². The molecule has 2 heterocycles. The molecular formula is C17H31NOS. The summed E-state index contributed by atoms with van der Waals surface area (Å²) in [4.78, 5) is 0. The second-order valence-electron chi connectivity index (χ2n) is 7.17. The van der Waals surface area contributed by atoms with Gasteiger partial charge in [-0.1, -0.05) is 6.92 Å². The molecular weight excluding hydrogens is 266 g/mol. The molecule has 2 saturated heterocycles. The molecule has 1 aliphatic carbocycles. The van der Waals surface area contributed by atoms with Crippen molar-refractivity contribution in [3.05, 3.63) is 0 Å². The van der Waals surface area contributed by atoms with E-state index in [9.17, 15) is 0 Å². The van der Waals surface area contributed by atoms with E-state index in [0.29, 0.717) is 0 Å². The molecule has 2 aliphatic heterocycles. The van der Waals surface area contributed by atoms with Gasteiger partial charge in [-0.05, 0) is 75.5 Å². The van der Waals surface area contributed by atoms with Crippen LogP contribution in [0.1, 0.15) is 58.3 Å². The van der Waals surface area contributed by atoms with E-state index in [4.69, 9.17) is 4.74 Å². The van der Waals surface area contributed by atoms with Gasteiger partial charge in [0.2, 0.25) is 0 Å². The Morgan fingerprint density at radius 1 is 1.35 bits per heavy atom. The molecule has 1 N–H and O–H groups in total. The fourth-order valence-corrected chi connectivity index (χ4v) is 5.37. The first-order valence-electron chi connectivity index (χ1n) is 8.76. The predicted octanol–water partition coefficient (Wildman–Crippen LogP) is 3.85. The molecule has 3 heteroatoms. The van der Waals surface area contributed by atoms with Crippen molar-refractivity contribution in [1.29, 1.82) is 0 Å². The predicted molar refractivity (Wildman–Crippen MR) is 87.4 cm³/mol. The molecule has 3 fully saturated rings. The molecule has 3 aliphatic rings. The van der Waals surface area contributed by atoms with Crippen LogP contribution in [0.25, 0.3) is 0 Å². The van der Waals surface area contributed by atoms with Gasteiger partial charge in [0.15, 0.2) is 0 Å². The average molecular weight is 298 g/mol. The molecule has 3 rings (SSSR count). The smallest absolute Gasteiger partial charge is 0.0783 e. The van der Waals surface area contributed by atoms with E-state index in [1.807, 2.05) is 0 Å². The minimum absolute atomic E-state index is 0.277. The standard InChI is InChI=1S/C17H31NOS/c1-2-9-18-16(15-4-5-15)6-3-14-7-10-19-17(12-14)8-11-20-13-17/h14-16,18H,2-13H2,1H3. The Hall–Kier alpha value is 0.270. The van der Waals surface area contributed by atoms with Gasteiger partial charge < -0.3 is 10.1 Å². The van der Waals surface area contributed by atoms with Crippen molar-refractivity contribution in [1.82, 2.24) is 5.32 Å². The van der Waals surface area contributed by atoms with Gasteiger partial charge in [0.1, 0.15) is 0 Å². The highest BCUT2D eigenvalue weighted by Gasteiger charge is 2.40. The molecule has 0 aromatic rings. The van der Waals surface area contributed by atoms with Crippen LogP contribution in [0.4, 0.5) is 0 Å². The highest BCUT2D eigenvalue weighted by molar-refractivity contribution is 7.99. The molecule has 3 atom stereocenters. The second kappa shape index (κ2) is 7.02. The second-order valence-corrected chi connectivity index (χ2v) is 8.27. The molecule has 20 heavy (non-hydrogen) atoms. The van der Waals surface area contributed by atoms with Crippen molar-refractivity contribution >= 4 is 11.8 Å². The normalized spacial score (nSPS) is 35.5. The molecule has 1 spiro atoms. The number of ether oxygens (including phenoxy) is 1. The molecule has 0 radical (unpaired) electrons. The maximum atomic E-state index is 6.15. The maximum absolute atomic E-state index is 6.15. The summed E-state index contributed by atoms with van der Waals surface area (Å²) in [5.74, 6) is 4.49. The van der Waals surface area contributed by atoms with Gasteiger partial charge in [-0.15, -0.1) is 0 Å². The first-order valence-corrected chi connectivity index (χ1v) is 9.92. The first-order chi connectivity index (χ1) is 9.81. The van der Waals surface area contributed by atoms with E-state index in [2.05, 4.69) is 24.0 Å². The molecule has 0 bridgehead atoms. The van der Waals surface area contributed by atoms with Crippen LogP contribution in [0.5, 0.6) is 0 Å². The summed E-state index contributed by atoms with van der Waals surface area (Å²) in [5, 5.41) is 3.80. The Bertz CT molecular complexity index is 299. The lowest BCUT2D eigenvalue weighted by atomic mass is 9.82. The fraction of sp³-hybridized carbons (Fsp3) is 1.00. The Labute approximate surface area is 128 Å². The largest absolute Gasteiger partial charge is 0.374 e. The Morgan fingerprint density at radius 2 is 2.25 bits per heavy atom. The summed E-state index contributed by atoms with van der Waals surface area (Å²) in [6.45, 7) is 4.49. The number of hydrogen-bond donors (Lipinski definition) is 1. The van der Waals surface area contributed by atoms with Crippen molar-refractivity contribution in [3.8, 4) is 0 Å². The molecule has 0 aromatic heterocycles. The SMILES string of the molecule is CCCNC(CCC1CCOC2(CCSC2)C1)C1CC1. The zero-order valence-electron chi connectivity index (χ0n) is 13.0. The van der Waals surface area contributed by atoms with Gasteiger partial charge in [-0.2, -0.15) is 11.8 Å².